The summed E-state index contributed by atoms with van der Waals surface area (Å²) in [4.78, 5) is 11.9. The van der Waals surface area contributed by atoms with Gasteiger partial charge >= 0.3 is 0 Å². The van der Waals surface area contributed by atoms with Crippen LogP contribution in [0.1, 0.15) is 29.6 Å². The lowest BCUT2D eigenvalue weighted by atomic mass is 10.0. The molecule has 2 nitrogen and oxygen atoms in total. The van der Waals surface area contributed by atoms with E-state index in [9.17, 15) is 13.6 Å². The number of carbonyl (C=O) groups excluding carboxylic acids is 1. The Kier molecular flexibility index (Phi) is 3.89. The van der Waals surface area contributed by atoms with Crippen molar-refractivity contribution in [1.82, 2.24) is 5.32 Å². The van der Waals surface area contributed by atoms with Crippen molar-refractivity contribution in [2.24, 2.45) is 0 Å². The molecular formula is C12H12BrF2NO. The number of benzene rings is 1. The molecule has 1 aromatic carbocycles. The SMILES string of the molecule is O=C(CC1CCCN1)c1c(F)ccc(Br)c1F. The summed E-state index contributed by atoms with van der Waals surface area (Å²) in [6.07, 6.45) is 2.02. The molecule has 1 saturated heterocycles. The third kappa shape index (κ3) is 2.72. The summed E-state index contributed by atoms with van der Waals surface area (Å²) in [6, 6.07) is 2.40. The van der Waals surface area contributed by atoms with Crippen LogP contribution in [0, 0.1) is 11.6 Å². The molecule has 1 aromatic rings. The third-order valence-electron chi connectivity index (χ3n) is 2.92. The molecule has 0 radical (unpaired) electrons. The van der Waals surface area contributed by atoms with Gasteiger partial charge in [0, 0.05) is 12.5 Å². The molecule has 1 aliphatic rings. The first kappa shape index (κ1) is 12.6. The van der Waals surface area contributed by atoms with Gasteiger partial charge in [-0.2, -0.15) is 0 Å². The molecule has 0 amide bonds. The predicted molar refractivity (Wildman–Crippen MR) is 64.0 cm³/mol. The van der Waals surface area contributed by atoms with E-state index in [1.165, 1.54) is 6.07 Å². The Morgan fingerprint density at radius 3 is 2.88 bits per heavy atom. The Morgan fingerprint density at radius 2 is 2.24 bits per heavy atom. The van der Waals surface area contributed by atoms with E-state index in [0.717, 1.165) is 25.5 Å². The summed E-state index contributed by atoms with van der Waals surface area (Å²) >= 11 is 2.95. The van der Waals surface area contributed by atoms with Crippen LogP contribution >= 0.6 is 15.9 Å². The van der Waals surface area contributed by atoms with Crippen LogP contribution in [0.2, 0.25) is 0 Å². The molecule has 2 rings (SSSR count). The van der Waals surface area contributed by atoms with Crippen molar-refractivity contribution < 1.29 is 13.6 Å². The zero-order valence-corrected chi connectivity index (χ0v) is 10.7. The van der Waals surface area contributed by atoms with Gasteiger partial charge in [-0.3, -0.25) is 4.79 Å². The largest absolute Gasteiger partial charge is 0.314 e. The summed E-state index contributed by atoms with van der Waals surface area (Å²) in [5.74, 6) is -2.10. The minimum atomic E-state index is -0.812. The van der Waals surface area contributed by atoms with E-state index in [-0.39, 0.29) is 16.9 Å². The summed E-state index contributed by atoms with van der Waals surface area (Å²) in [6.45, 7) is 0.862. The van der Waals surface area contributed by atoms with E-state index in [1.807, 2.05) is 0 Å². The van der Waals surface area contributed by atoms with Crippen LogP contribution in [0.4, 0.5) is 8.78 Å². The smallest absolute Gasteiger partial charge is 0.170 e. The van der Waals surface area contributed by atoms with Crippen LogP contribution < -0.4 is 5.32 Å². The van der Waals surface area contributed by atoms with Crippen LogP contribution in [0.25, 0.3) is 0 Å². The Bertz CT molecular complexity index is 444. The van der Waals surface area contributed by atoms with E-state index in [2.05, 4.69) is 21.2 Å². The monoisotopic (exact) mass is 303 g/mol. The van der Waals surface area contributed by atoms with E-state index in [0.29, 0.717) is 0 Å². The average molecular weight is 304 g/mol. The lowest BCUT2D eigenvalue weighted by Gasteiger charge is -2.10. The normalized spacial score (nSPS) is 19.6. The average Bonchev–Trinajstić information content (AvgIpc) is 2.77. The Morgan fingerprint density at radius 1 is 1.47 bits per heavy atom. The molecular weight excluding hydrogens is 292 g/mol. The zero-order chi connectivity index (χ0) is 12.4. The van der Waals surface area contributed by atoms with Crippen LogP contribution in [0.3, 0.4) is 0 Å². The van der Waals surface area contributed by atoms with Gasteiger partial charge in [0.15, 0.2) is 11.6 Å². The first-order valence-electron chi connectivity index (χ1n) is 5.49. The molecule has 17 heavy (non-hydrogen) atoms. The molecule has 92 valence electrons. The third-order valence-corrected chi connectivity index (χ3v) is 3.53. The molecule has 1 aliphatic heterocycles. The van der Waals surface area contributed by atoms with Crippen molar-refractivity contribution in [2.45, 2.75) is 25.3 Å². The molecule has 1 fully saturated rings. The van der Waals surface area contributed by atoms with Crippen LogP contribution in [-0.2, 0) is 0 Å². The quantitative estimate of drug-likeness (QED) is 0.687. The van der Waals surface area contributed by atoms with Crippen molar-refractivity contribution in [3.05, 3.63) is 33.8 Å². The second-order valence-electron chi connectivity index (χ2n) is 4.14. The number of nitrogens with one attached hydrogen (secondary N) is 1. The second kappa shape index (κ2) is 5.23. The first-order valence-corrected chi connectivity index (χ1v) is 6.29. The van der Waals surface area contributed by atoms with Gasteiger partial charge in [-0.25, -0.2) is 8.78 Å². The standard InChI is InChI=1S/C12H12BrF2NO/c13-8-3-4-9(14)11(12(8)15)10(17)6-7-2-1-5-16-7/h3-4,7,16H,1-2,5-6H2. The summed E-state index contributed by atoms with van der Waals surface area (Å²) in [7, 11) is 0. The Hall–Kier alpha value is -0.810. The fraction of sp³-hybridized carbons (Fsp3) is 0.417. The lowest BCUT2D eigenvalue weighted by Crippen LogP contribution is -2.25. The van der Waals surface area contributed by atoms with Crippen molar-refractivity contribution in [3.63, 3.8) is 0 Å². The molecule has 0 aliphatic carbocycles. The minimum absolute atomic E-state index is 0.0419. The van der Waals surface area contributed by atoms with Crippen LogP contribution in [-0.4, -0.2) is 18.4 Å². The van der Waals surface area contributed by atoms with Gasteiger partial charge < -0.3 is 5.32 Å². The van der Waals surface area contributed by atoms with Gasteiger partial charge in [0.05, 0.1) is 10.0 Å². The highest BCUT2D eigenvalue weighted by Gasteiger charge is 2.24. The molecule has 1 N–H and O–H groups in total. The first-order chi connectivity index (χ1) is 8.09. The number of ketones is 1. The highest BCUT2D eigenvalue weighted by molar-refractivity contribution is 9.10. The Labute approximate surface area is 107 Å². The highest BCUT2D eigenvalue weighted by atomic mass is 79.9. The number of Topliss-reactive ketones (excluding diaryl/α,β-unsaturated/α-hetero) is 1. The van der Waals surface area contributed by atoms with E-state index in [4.69, 9.17) is 0 Å². The van der Waals surface area contributed by atoms with Gasteiger partial charge in [-0.05, 0) is 47.4 Å². The van der Waals surface area contributed by atoms with Crippen molar-refractivity contribution in [3.8, 4) is 0 Å². The zero-order valence-electron chi connectivity index (χ0n) is 9.10. The molecule has 0 aromatic heterocycles. The van der Waals surface area contributed by atoms with E-state index >= 15 is 0 Å². The predicted octanol–water partition coefficient (Wildman–Crippen LogP) is 3.05. The van der Waals surface area contributed by atoms with Crippen molar-refractivity contribution in [1.29, 1.82) is 0 Å². The minimum Gasteiger partial charge on any atom is -0.314 e. The molecule has 1 unspecified atom stereocenters. The van der Waals surface area contributed by atoms with Gasteiger partial charge in [0.25, 0.3) is 0 Å². The summed E-state index contributed by atoms with van der Waals surface area (Å²) in [5.41, 5.74) is -0.437. The summed E-state index contributed by atoms with van der Waals surface area (Å²) in [5, 5.41) is 3.13. The van der Waals surface area contributed by atoms with Crippen LogP contribution in [0.15, 0.2) is 16.6 Å². The molecule has 0 spiro atoms. The molecule has 5 heteroatoms. The fourth-order valence-electron chi connectivity index (χ4n) is 2.04. The molecule has 1 atom stereocenters. The number of rotatable bonds is 3. The van der Waals surface area contributed by atoms with Gasteiger partial charge in [0.2, 0.25) is 0 Å². The maximum Gasteiger partial charge on any atom is 0.170 e. The van der Waals surface area contributed by atoms with Gasteiger partial charge in [-0.15, -0.1) is 0 Å². The van der Waals surface area contributed by atoms with Gasteiger partial charge in [0.1, 0.15) is 5.82 Å². The number of hydrogen-bond donors (Lipinski definition) is 1. The molecule has 0 bridgehead atoms. The molecule has 1 heterocycles. The maximum atomic E-state index is 13.7. The highest BCUT2D eigenvalue weighted by Crippen LogP contribution is 2.24. The van der Waals surface area contributed by atoms with Crippen molar-refractivity contribution >= 4 is 21.7 Å². The number of halogens is 3. The van der Waals surface area contributed by atoms with E-state index in [1.54, 1.807) is 0 Å². The van der Waals surface area contributed by atoms with E-state index < -0.39 is 23.0 Å². The second-order valence-corrected chi connectivity index (χ2v) is 4.99. The fourth-order valence-corrected chi connectivity index (χ4v) is 2.37. The number of carbonyl (C=O) groups is 1. The van der Waals surface area contributed by atoms with Crippen LogP contribution in [0.5, 0.6) is 0 Å². The molecule has 0 saturated carbocycles. The lowest BCUT2D eigenvalue weighted by molar-refractivity contribution is 0.0963. The van der Waals surface area contributed by atoms with Crippen molar-refractivity contribution in [2.75, 3.05) is 6.54 Å². The summed E-state index contributed by atoms with van der Waals surface area (Å²) < 4.78 is 27.2. The topological polar surface area (TPSA) is 29.1 Å². The number of hydrogen-bond acceptors (Lipinski definition) is 2. The Balaban J connectivity index is 2.21. The van der Waals surface area contributed by atoms with Gasteiger partial charge in [-0.1, -0.05) is 0 Å². The maximum absolute atomic E-state index is 13.7.